The lowest BCUT2D eigenvalue weighted by molar-refractivity contribution is -0.159. The minimum atomic E-state index is -1.64. The Morgan fingerprint density at radius 3 is 2.19 bits per heavy atom. The number of benzene rings is 1. The molecule has 0 radical (unpaired) electrons. The predicted molar refractivity (Wildman–Crippen MR) is 96.3 cm³/mol. The van der Waals surface area contributed by atoms with E-state index in [1.807, 2.05) is 0 Å². The summed E-state index contributed by atoms with van der Waals surface area (Å²) < 4.78 is 15.6. The first-order valence-electron chi connectivity index (χ1n) is 8.62. The second-order valence-corrected chi connectivity index (χ2v) is 6.69. The number of aliphatic hydroxyl groups is 3. The quantitative estimate of drug-likeness (QED) is 0.223. The number of carbonyl (C=O) groups is 2. The number of hydrogen-bond donors (Lipinski definition) is 3. The van der Waals surface area contributed by atoms with Crippen molar-refractivity contribution in [1.82, 2.24) is 0 Å². The molecule has 0 saturated heterocycles. The van der Waals surface area contributed by atoms with Crippen molar-refractivity contribution in [3.05, 3.63) is 29.8 Å². The van der Waals surface area contributed by atoms with Crippen LogP contribution < -0.4 is 4.74 Å². The summed E-state index contributed by atoms with van der Waals surface area (Å²) >= 11 is 0. The molecule has 0 aliphatic heterocycles. The number of esters is 1. The summed E-state index contributed by atoms with van der Waals surface area (Å²) in [6.07, 6.45) is -2.35. The van der Waals surface area contributed by atoms with Gasteiger partial charge < -0.3 is 29.5 Å². The Balaban J connectivity index is 2.49. The van der Waals surface area contributed by atoms with E-state index in [1.165, 1.54) is 21.0 Å². The maximum absolute atomic E-state index is 12.1. The zero-order valence-electron chi connectivity index (χ0n) is 16.0. The summed E-state index contributed by atoms with van der Waals surface area (Å²) in [6.45, 7) is 4.53. The van der Waals surface area contributed by atoms with Crippen molar-refractivity contribution in [2.24, 2.45) is 5.92 Å². The summed E-state index contributed by atoms with van der Waals surface area (Å²) in [6, 6.07) is 6.25. The Labute approximate surface area is 158 Å². The third-order valence-corrected chi connectivity index (χ3v) is 3.97. The fourth-order valence-corrected chi connectivity index (χ4v) is 2.34. The highest BCUT2D eigenvalue weighted by molar-refractivity contribution is 6.01. The third-order valence-electron chi connectivity index (χ3n) is 3.97. The molecule has 1 aromatic rings. The van der Waals surface area contributed by atoms with Crippen LogP contribution in [0.1, 0.15) is 37.6 Å². The zero-order valence-corrected chi connectivity index (χ0v) is 16.0. The van der Waals surface area contributed by atoms with Crippen molar-refractivity contribution in [3.8, 4) is 5.75 Å². The van der Waals surface area contributed by atoms with E-state index in [9.17, 15) is 14.7 Å². The first kappa shape index (κ1) is 23.0. The summed E-state index contributed by atoms with van der Waals surface area (Å²) in [4.78, 5) is 24.0. The number of hydrogen-bond acceptors (Lipinski definition) is 8. The Morgan fingerprint density at radius 1 is 1.11 bits per heavy atom. The van der Waals surface area contributed by atoms with Crippen LogP contribution in [0.3, 0.4) is 0 Å². The fraction of sp³-hybridized carbons (Fsp3) is 0.579. The van der Waals surface area contributed by atoms with Gasteiger partial charge in [0.05, 0.1) is 12.0 Å². The van der Waals surface area contributed by atoms with Gasteiger partial charge in [-0.15, -0.1) is 0 Å². The Bertz CT molecular complexity index is 603. The molecule has 27 heavy (non-hydrogen) atoms. The molecule has 8 nitrogen and oxygen atoms in total. The molecule has 1 rings (SSSR count). The zero-order chi connectivity index (χ0) is 20.6. The lowest BCUT2D eigenvalue weighted by Gasteiger charge is -2.22. The molecule has 0 aromatic heterocycles. The molecule has 0 heterocycles. The molecule has 0 saturated carbocycles. The molecule has 0 aliphatic carbocycles. The van der Waals surface area contributed by atoms with Gasteiger partial charge in [0.1, 0.15) is 24.6 Å². The van der Waals surface area contributed by atoms with E-state index in [2.05, 4.69) is 0 Å². The number of ketones is 1. The van der Waals surface area contributed by atoms with E-state index in [4.69, 9.17) is 24.4 Å². The maximum Gasteiger partial charge on any atom is 0.311 e. The maximum atomic E-state index is 12.1. The molecule has 8 heteroatoms. The molecule has 0 aliphatic rings. The number of ether oxygens (including phenoxy) is 3. The summed E-state index contributed by atoms with van der Waals surface area (Å²) in [7, 11) is 1.42. The Morgan fingerprint density at radius 2 is 1.70 bits per heavy atom. The fourth-order valence-electron chi connectivity index (χ4n) is 2.34. The van der Waals surface area contributed by atoms with Gasteiger partial charge in [-0.25, -0.2) is 0 Å². The van der Waals surface area contributed by atoms with Crippen LogP contribution in [0, 0.1) is 5.92 Å². The van der Waals surface area contributed by atoms with Gasteiger partial charge in [0.15, 0.2) is 12.1 Å². The Hall–Kier alpha value is -2.00. The van der Waals surface area contributed by atoms with Gasteiger partial charge in [0.25, 0.3) is 0 Å². The normalized spacial score (nSPS) is 13.9. The molecule has 0 spiro atoms. The minimum Gasteiger partial charge on any atom is -0.490 e. The number of aliphatic hydroxyl groups excluding tert-OH is 1. The van der Waals surface area contributed by atoms with Gasteiger partial charge in [0, 0.05) is 19.1 Å². The van der Waals surface area contributed by atoms with Crippen molar-refractivity contribution in [1.29, 1.82) is 0 Å². The molecular weight excluding hydrogens is 356 g/mol. The van der Waals surface area contributed by atoms with Crippen molar-refractivity contribution in [3.63, 3.8) is 0 Å². The van der Waals surface area contributed by atoms with Crippen LogP contribution in [-0.4, -0.2) is 65.4 Å². The average molecular weight is 384 g/mol. The minimum absolute atomic E-state index is 0.0301. The van der Waals surface area contributed by atoms with E-state index in [1.54, 1.807) is 31.2 Å². The van der Waals surface area contributed by atoms with Crippen molar-refractivity contribution in [2.45, 2.75) is 45.2 Å². The highest BCUT2D eigenvalue weighted by Crippen LogP contribution is 2.18. The van der Waals surface area contributed by atoms with Crippen LogP contribution in [0.25, 0.3) is 0 Å². The van der Waals surface area contributed by atoms with Gasteiger partial charge in [-0.1, -0.05) is 0 Å². The van der Waals surface area contributed by atoms with Gasteiger partial charge in [-0.2, -0.15) is 0 Å². The number of Topliss-reactive ketones (excluding diaryl/α,β-unsaturated/α-hetero) is 1. The van der Waals surface area contributed by atoms with E-state index >= 15 is 0 Å². The molecule has 3 N–H and O–H groups in total. The summed E-state index contributed by atoms with van der Waals surface area (Å²) in [5, 5.41) is 27.9. The second-order valence-electron chi connectivity index (χ2n) is 6.69. The molecule has 0 fully saturated rings. The molecular formula is C19H28O8. The van der Waals surface area contributed by atoms with Gasteiger partial charge in [-0.3, -0.25) is 9.59 Å². The van der Waals surface area contributed by atoms with E-state index in [-0.39, 0.29) is 19.6 Å². The molecule has 0 bridgehead atoms. The lowest BCUT2D eigenvalue weighted by Crippen LogP contribution is -2.33. The molecule has 152 valence electrons. The predicted octanol–water partition coefficient (Wildman–Crippen LogP) is 0.914. The molecule has 2 atom stereocenters. The molecule has 0 amide bonds. The van der Waals surface area contributed by atoms with E-state index < -0.39 is 35.7 Å². The SMILES string of the molecule is COC(C)C(CC(O)O)C(=O)OCCOc1ccc(C(=O)C(C)(C)O)cc1. The van der Waals surface area contributed by atoms with Gasteiger partial charge in [0.2, 0.25) is 0 Å². The second kappa shape index (κ2) is 10.4. The molecule has 2 unspecified atom stereocenters. The smallest absolute Gasteiger partial charge is 0.311 e. The third kappa shape index (κ3) is 7.64. The topological polar surface area (TPSA) is 123 Å². The number of rotatable bonds is 11. The summed E-state index contributed by atoms with van der Waals surface area (Å²) in [5.41, 5.74) is -1.09. The van der Waals surface area contributed by atoms with Crippen molar-refractivity contribution >= 4 is 11.8 Å². The summed E-state index contributed by atoms with van der Waals surface area (Å²) in [5.74, 6) is -1.33. The van der Waals surface area contributed by atoms with Crippen molar-refractivity contribution < 1.29 is 39.1 Å². The Kier molecular flexibility index (Phi) is 8.84. The van der Waals surface area contributed by atoms with Crippen LogP contribution in [-0.2, 0) is 14.3 Å². The monoisotopic (exact) mass is 384 g/mol. The lowest BCUT2D eigenvalue weighted by atomic mass is 9.97. The van der Waals surface area contributed by atoms with Gasteiger partial charge >= 0.3 is 5.97 Å². The van der Waals surface area contributed by atoms with Crippen LogP contribution >= 0.6 is 0 Å². The standard InChI is InChI=1S/C19H28O8/c1-12(25-4)15(11-16(20)21)18(23)27-10-9-26-14-7-5-13(6-8-14)17(22)19(2,3)24/h5-8,12,15-16,20-21,24H,9-11H2,1-4H3. The molecule has 1 aromatic carbocycles. The van der Waals surface area contributed by atoms with E-state index in [0.717, 1.165) is 0 Å². The first-order chi connectivity index (χ1) is 12.6. The highest BCUT2D eigenvalue weighted by atomic mass is 16.6. The largest absolute Gasteiger partial charge is 0.490 e. The number of carbonyl (C=O) groups excluding carboxylic acids is 2. The van der Waals surface area contributed by atoms with Crippen molar-refractivity contribution in [2.75, 3.05) is 20.3 Å². The van der Waals surface area contributed by atoms with Gasteiger partial charge in [-0.05, 0) is 45.0 Å². The highest BCUT2D eigenvalue weighted by Gasteiger charge is 2.29. The number of methoxy groups -OCH3 is 1. The van der Waals surface area contributed by atoms with Crippen LogP contribution in [0.2, 0.25) is 0 Å². The van der Waals surface area contributed by atoms with Crippen LogP contribution in [0.4, 0.5) is 0 Å². The average Bonchev–Trinajstić information content (AvgIpc) is 2.61. The van der Waals surface area contributed by atoms with Crippen LogP contribution in [0.5, 0.6) is 5.75 Å². The van der Waals surface area contributed by atoms with Crippen LogP contribution in [0.15, 0.2) is 24.3 Å². The van der Waals surface area contributed by atoms with E-state index in [0.29, 0.717) is 11.3 Å². The first-order valence-corrected chi connectivity index (χ1v) is 8.62.